The van der Waals surface area contributed by atoms with Crippen LogP contribution in [-0.4, -0.2) is 48.4 Å². The number of carbonyl (C=O) groups excluding carboxylic acids is 4. The second-order valence-electron chi connectivity index (χ2n) is 8.39. The summed E-state index contributed by atoms with van der Waals surface area (Å²) in [6.07, 6.45) is 0.0711. The Balaban J connectivity index is 1.42. The van der Waals surface area contributed by atoms with Gasteiger partial charge in [0.1, 0.15) is 0 Å². The molecule has 33 heavy (non-hydrogen) atoms. The van der Waals surface area contributed by atoms with Crippen molar-refractivity contribution >= 4 is 29.4 Å². The average molecular weight is 453 g/mol. The third-order valence-corrected chi connectivity index (χ3v) is 5.06. The first-order chi connectivity index (χ1) is 15.8. The predicted molar refractivity (Wildman–Crippen MR) is 121 cm³/mol. The van der Waals surface area contributed by atoms with Crippen LogP contribution in [0.5, 0.6) is 0 Å². The summed E-state index contributed by atoms with van der Waals surface area (Å²) in [5.41, 5.74) is 1.83. The molecule has 1 N–H and O–H groups in total. The predicted octanol–water partition coefficient (Wildman–Crippen LogP) is 3.03. The Labute approximate surface area is 192 Å². The van der Waals surface area contributed by atoms with Gasteiger partial charge in [-0.3, -0.25) is 14.4 Å². The highest BCUT2D eigenvalue weighted by Gasteiger charge is 2.35. The molecule has 0 saturated carbocycles. The average Bonchev–Trinajstić information content (AvgIpc) is 3.17. The summed E-state index contributed by atoms with van der Waals surface area (Å²) in [6.45, 7) is 4.47. The monoisotopic (exact) mass is 452 g/mol. The maximum atomic E-state index is 12.3. The molecule has 1 aliphatic rings. The zero-order valence-corrected chi connectivity index (χ0v) is 18.8. The molecule has 8 nitrogen and oxygen atoms in total. The van der Waals surface area contributed by atoms with Gasteiger partial charge in [-0.2, -0.15) is 0 Å². The van der Waals surface area contributed by atoms with E-state index in [1.54, 1.807) is 29.2 Å². The molecule has 0 aliphatic carbocycles. The van der Waals surface area contributed by atoms with Crippen LogP contribution in [0.3, 0.4) is 0 Å². The van der Waals surface area contributed by atoms with Gasteiger partial charge in [-0.05, 0) is 35.7 Å². The van der Waals surface area contributed by atoms with Gasteiger partial charge in [-0.25, -0.2) is 4.79 Å². The van der Waals surface area contributed by atoms with Crippen LogP contribution in [0.25, 0.3) is 0 Å². The fourth-order valence-corrected chi connectivity index (χ4v) is 3.35. The van der Waals surface area contributed by atoms with E-state index in [9.17, 15) is 19.2 Å². The zero-order chi connectivity index (χ0) is 23.8. The molecule has 0 bridgehead atoms. The minimum atomic E-state index is -0.592. The minimum Gasteiger partial charge on any atom is -0.462 e. The van der Waals surface area contributed by atoms with E-state index in [0.717, 1.165) is 5.56 Å². The second kappa shape index (κ2) is 11.3. The van der Waals surface area contributed by atoms with Crippen LogP contribution < -0.4 is 5.32 Å². The molecular formula is C25H28N2O6. The molecule has 3 rings (SSSR count). The van der Waals surface area contributed by atoms with E-state index in [4.69, 9.17) is 9.47 Å². The van der Waals surface area contributed by atoms with Crippen molar-refractivity contribution in [1.29, 1.82) is 0 Å². The second-order valence-corrected chi connectivity index (χ2v) is 8.39. The van der Waals surface area contributed by atoms with Crippen molar-refractivity contribution in [2.45, 2.75) is 26.8 Å². The van der Waals surface area contributed by atoms with Crippen molar-refractivity contribution in [2.24, 2.45) is 11.8 Å². The Kier molecular flexibility index (Phi) is 8.18. The van der Waals surface area contributed by atoms with Crippen molar-refractivity contribution in [1.82, 2.24) is 4.90 Å². The first-order valence-corrected chi connectivity index (χ1v) is 10.9. The number of likely N-dealkylation sites (tertiary alicyclic amines) is 1. The molecule has 1 saturated heterocycles. The normalized spacial score (nSPS) is 15.4. The molecule has 174 valence electrons. The largest absolute Gasteiger partial charge is 0.462 e. The van der Waals surface area contributed by atoms with Gasteiger partial charge in [-0.15, -0.1) is 0 Å². The lowest BCUT2D eigenvalue weighted by Crippen LogP contribution is -2.28. The molecule has 0 aromatic heterocycles. The number of hydrogen-bond donors (Lipinski definition) is 1. The van der Waals surface area contributed by atoms with Gasteiger partial charge in [0.05, 0.1) is 18.1 Å². The summed E-state index contributed by atoms with van der Waals surface area (Å²) in [4.78, 5) is 50.3. The summed E-state index contributed by atoms with van der Waals surface area (Å²) < 4.78 is 10.3. The third kappa shape index (κ3) is 7.17. The number of nitrogens with zero attached hydrogens (tertiary/aromatic N) is 1. The van der Waals surface area contributed by atoms with Crippen LogP contribution in [0.1, 0.15) is 36.2 Å². The highest BCUT2D eigenvalue weighted by atomic mass is 16.5. The number of anilines is 1. The molecule has 2 aromatic rings. The van der Waals surface area contributed by atoms with Gasteiger partial charge in [-0.1, -0.05) is 44.2 Å². The van der Waals surface area contributed by atoms with Gasteiger partial charge < -0.3 is 19.7 Å². The van der Waals surface area contributed by atoms with Crippen molar-refractivity contribution in [2.75, 3.05) is 25.1 Å². The van der Waals surface area contributed by atoms with Crippen LogP contribution in [0, 0.1) is 11.8 Å². The third-order valence-electron chi connectivity index (χ3n) is 5.06. The molecule has 1 aliphatic heterocycles. The first kappa shape index (κ1) is 24.0. The van der Waals surface area contributed by atoms with Gasteiger partial charge in [0.25, 0.3) is 5.91 Å². The lowest BCUT2D eigenvalue weighted by molar-refractivity contribution is -0.151. The minimum absolute atomic E-state index is 0.0711. The Bertz CT molecular complexity index is 988. The smallest absolute Gasteiger partial charge is 0.338 e. The molecule has 2 aromatic carbocycles. The van der Waals surface area contributed by atoms with Gasteiger partial charge in [0.15, 0.2) is 6.61 Å². The Morgan fingerprint density at radius 1 is 1.03 bits per heavy atom. The molecule has 8 heteroatoms. The highest BCUT2D eigenvalue weighted by molar-refractivity contribution is 5.95. The molecular weight excluding hydrogens is 424 g/mol. The number of amides is 2. The maximum absolute atomic E-state index is 12.3. The number of nitrogens with one attached hydrogen (secondary N) is 1. The van der Waals surface area contributed by atoms with E-state index in [-0.39, 0.29) is 24.8 Å². The van der Waals surface area contributed by atoms with E-state index in [2.05, 4.69) is 5.32 Å². The molecule has 0 radical (unpaired) electrons. The van der Waals surface area contributed by atoms with Crippen molar-refractivity contribution in [3.05, 3.63) is 65.7 Å². The number of esters is 2. The van der Waals surface area contributed by atoms with E-state index < -0.39 is 30.4 Å². The fourth-order valence-electron chi connectivity index (χ4n) is 3.35. The number of benzene rings is 2. The van der Waals surface area contributed by atoms with Gasteiger partial charge in [0, 0.05) is 25.2 Å². The number of ether oxygens (including phenoxy) is 2. The summed E-state index contributed by atoms with van der Waals surface area (Å²) in [5.74, 6) is -1.98. The number of carbonyl (C=O) groups is 4. The number of hydrogen-bond acceptors (Lipinski definition) is 6. The quantitative estimate of drug-likeness (QED) is 0.587. The summed E-state index contributed by atoms with van der Waals surface area (Å²) in [5, 5.41) is 2.61. The molecule has 0 unspecified atom stereocenters. The maximum Gasteiger partial charge on any atom is 0.338 e. The van der Waals surface area contributed by atoms with E-state index in [0.29, 0.717) is 24.4 Å². The molecule has 1 heterocycles. The van der Waals surface area contributed by atoms with Crippen molar-refractivity contribution in [3.8, 4) is 0 Å². The lowest BCUT2D eigenvalue weighted by atomic mass is 10.1. The SMILES string of the molecule is CC(C)COC(=O)c1ccc(NC(=O)COC(=O)[C@H]2CC(=O)N(Cc3ccccc3)C2)cc1. The number of rotatable bonds is 9. The summed E-state index contributed by atoms with van der Waals surface area (Å²) in [7, 11) is 0. The molecule has 0 spiro atoms. The van der Waals surface area contributed by atoms with E-state index in [1.165, 1.54) is 0 Å². The first-order valence-electron chi connectivity index (χ1n) is 10.9. The Morgan fingerprint density at radius 3 is 2.39 bits per heavy atom. The van der Waals surface area contributed by atoms with Crippen LogP contribution in [0.4, 0.5) is 5.69 Å². The molecule has 1 atom stereocenters. The van der Waals surface area contributed by atoms with Crippen molar-refractivity contribution < 1.29 is 28.7 Å². The van der Waals surface area contributed by atoms with E-state index in [1.807, 2.05) is 44.2 Å². The van der Waals surface area contributed by atoms with Crippen LogP contribution >= 0.6 is 0 Å². The van der Waals surface area contributed by atoms with Crippen LogP contribution in [-0.2, 0) is 30.4 Å². The van der Waals surface area contributed by atoms with Crippen molar-refractivity contribution in [3.63, 3.8) is 0 Å². The fraction of sp³-hybridized carbons (Fsp3) is 0.360. The molecule has 2 amide bonds. The Morgan fingerprint density at radius 2 is 1.73 bits per heavy atom. The molecule has 1 fully saturated rings. The Hall–Kier alpha value is -3.68. The van der Waals surface area contributed by atoms with Gasteiger partial charge >= 0.3 is 11.9 Å². The highest BCUT2D eigenvalue weighted by Crippen LogP contribution is 2.21. The van der Waals surface area contributed by atoms with E-state index >= 15 is 0 Å². The summed E-state index contributed by atoms with van der Waals surface area (Å²) in [6, 6.07) is 15.8. The van der Waals surface area contributed by atoms with Gasteiger partial charge in [0.2, 0.25) is 5.91 Å². The van der Waals surface area contributed by atoms with Crippen LogP contribution in [0.2, 0.25) is 0 Å². The standard InChI is InChI=1S/C25H28N2O6/c1-17(2)15-32-24(30)19-8-10-21(11-9-19)26-22(28)16-33-25(31)20-12-23(29)27(14-20)13-18-6-4-3-5-7-18/h3-11,17,20H,12-16H2,1-2H3,(H,26,28)/t20-/m0/s1. The lowest BCUT2D eigenvalue weighted by Gasteiger charge is -2.16. The van der Waals surface area contributed by atoms with Crippen LogP contribution in [0.15, 0.2) is 54.6 Å². The summed E-state index contributed by atoms with van der Waals surface area (Å²) >= 11 is 0. The topological polar surface area (TPSA) is 102 Å². The zero-order valence-electron chi connectivity index (χ0n) is 18.8.